The van der Waals surface area contributed by atoms with E-state index in [1.54, 1.807) is 0 Å². The zero-order chi connectivity index (χ0) is 19.4. The molecule has 0 aliphatic rings. The molecule has 1 amide bonds. The lowest BCUT2D eigenvalue weighted by Crippen LogP contribution is -2.21. The third-order valence-corrected chi connectivity index (χ3v) is 4.06. The van der Waals surface area contributed by atoms with Crippen molar-refractivity contribution < 1.29 is 28.6 Å². The fourth-order valence-corrected chi connectivity index (χ4v) is 3.06. The molecule has 0 aliphatic heterocycles. The SMILES string of the molecule is O=C(COC(=O)c1ccc([N+](=O)[O-])o1)Nc1c(Br)cc([N+](=O)[O-])cc1Br. The van der Waals surface area contributed by atoms with Gasteiger partial charge in [-0.3, -0.25) is 25.0 Å². The summed E-state index contributed by atoms with van der Waals surface area (Å²) in [7, 11) is 0. The number of furan rings is 1. The van der Waals surface area contributed by atoms with Gasteiger partial charge in [0.2, 0.25) is 5.76 Å². The number of nitro benzene ring substituents is 1. The maximum absolute atomic E-state index is 11.9. The molecule has 1 aromatic heterocycles. The first-order valence-electron chi connectivity index (χ1n) is 6.53. The number of carbonyl (C=O) groups is 2. The molecule has 1 heterocycles. The minimum Gasteiger partial charge on any atom is -0.450 e. The van der Waals surface area contributed by atoms with Gasteiger partial charge in [-0.2, -0.15) is 0 Å². The van der Waals surface area contributed by atoms with Gasteiger partial charge in [-0.15, -0.1) is 0 Å². The number of non-ortho nitro benzene ring substituents is 1. The number of esters is 1. The van der Waals surface area contributed by atoms with E-state index in [0.717, 1.165) is 12.1 Å². The molecule has 1 N–H and O–H groups in total. The lowest BCUT2D eigenvalue weighted by molar-refractivity contribution is -0.402. The topological polar surface area (TPSA) is 155 Å². The van der Waals surface area contributed by atoms with E-state index in [4.69, 9.17) is 4.74 Å². The van der Waals surface area contributed by atoms with Gasteiger partial charge in [0.1, 0.15) is 4.92 Å². The Morgan fingerprint density at radius 1 is 1.12 bits per heavy atom. The predicted octanol–water partition coefficient (Wildman–Crippen LogP) is 3.42. The average molecular weight is 493 g/mol. The first-order valence-corrected chi connectivity index (χ1v) is 8.12. The Labute approximate surface area is 160 Å². The van der Waals surface area contributed by atoms with Crippen LogP contribution in [0.25, 0.3) is 0 Å². The van der Waals surface area contributed by atoms with E-state index in [-0.39, 0.29) is 20.3 Å². The molecule has 0 aliphatic carbocycles. The molecule has 2 rings (SSSR count). The number of nitro groups is 2. The van der Waals surface area contributed by atoms with Crippen LogP contribution in [0.5, 0.6) is 0 Å². The minimum atomic E-state index is -1.06. The van der Waals surface area contributed by atoms with E-state index in [2.05, 4.69) is 41.6 Å². The molecule has 11 nitrogen and oxygen atoms in total. The summed E-state index contributed by atoms with van der Waals surface area (Å²) in [6.07, 6.45) is 0. The second kappa shape index (κ2) is 8.05. The van der Waals surface area contributed by atoms with Gasteiger partial charge in [0.25, 0.3) is 11.6 Å². The Morgan fingerprint density at radius 2 is 1.73 bits per heavy atom. The minimum absolute atomic E-state index is 0.199. The highest BCUT2D eigenvalue weighted by Gasteiger charge is 2.20. The van der Waals surface area contributed by atoms with Crippen LogP contribution in [-0.2, 0) is 9.53 Å². The summed E-state index contributed by atoms with van der Waals surface area (Å²) in [6, 6.07) is 4.40. The normalized spacial score (nSPS) is 10.2. The van der Waals surface area contributed by atoms with Crippen LogP contribution in [0.3, 0.4) is 0 Å². The van der Waals surface area contributed by atoms with Crippen LogP contribution >= 0.6 is 31.9 Å². The molecular formula is C13H7Br2N3O8. The number of hydrogen-bond acceptors (Lipinski definition) is 8. The number of rotatable bonds is 6. The number of hydrogen-bond donors (Lipinski definition) is 1. The molecule has 13 heteroatoms. The third-order valence-electron chi connectivity index (χ3n) is 2.81. The van der Waals surface area contributed by atoms with E-state index >= 15 is 0 Å². The monoisotopic (exact) mass is 491 g/mol. The van der Waals surface area contributed by atoms with Crippen LogP contribution in [0.1, 0.15) is 10.6 Å². The maximum atomic E-state index is 11.9. The van der Waals surface area contributed by atoms with Gasteiger partial charge in [0.15, 0.2) is 6.61 Å². The highest BCUT2D eigenvalue weighted by Crippen LogP contribution is 2.35. The number of benzene rings is 1. The summed E-state index contributed by atoms with van der Waals surface area (Å²) in [5.74, 6) is -2.87. The molecule has 1 aromatic carbocycles. The van der Waals surface area contributed by atoms with Crippen molar-refractivity contribution in [3.05, 3.63) is 59.2 Å². The predicted molar refractivity (Wildman–Crippen MR) is 92.8 cm³/mol. The van der Waals surface area contributed by atoms with Crippen LogP contribution in [0, 0.1) is 20.2 Å². The molecule has 0 fully saturated rings. The highest BCUT2D eigenvalue weighted by molar-refractivity contribution is 9.11. The first-order chi connectivity index (χ1) is 12.2. The van der Waals surface area contributed by atoms with Crippen molar-refractivity contribution in [2.24, 2.45) is 0 Å². The van der Waals surface area contributed by atoms with Crippen LogP contribution in [0.4, 0.5) is 17.3 Å². The second-order valence-corrected chi connectivity index (χ2v) is 6.27. The summed E-state index contributed by atoms with van der Waals surface area (Å²) < 4.78 is 9.81. The van der Waals surface area contributed by atoms with Crippen molar-refractivity contribution in [1.29, 1.82) is 0 Å². The number of carbonyl (C=O) groups excluding carboxylic acids is 2. The molecule has 0 saturated carbocycles. The van der Waals surface area contributed by atoms with Gasteiger partial charge >= 0.3 is 11.9 Å². The zero-order valence-corrected chi connectivity index (χ0v) is 15.6. The Balaban J connectivity index is 1.99. The molecule has 2 aromatic rings. The van der Waals surface area contributed by atoms with Crippen LogP contribution < -0.4 is 5.32 Å². The van der Waals surface area contributed by atoms with E-state index in [1.807, 2.05) is 0 Å². The molecule has 0 unspecified atom stereocenters. The van der Waals surface area contributed by atoms with Crippen molar-refractivity contribution in [3.8, 4) is 0 Å². The third kappa shape index (κ3) is 4.64. The molecule has 0 bridgehead atoms. The number of amides is 1. The maximum Gasteiger partial charge on any atom is 0.433 e. The fourth-order valence-electron chi connectivity index (χ4n) is 1.70. The quantitative estimate of drug-likeness (QED) is 0.365. The molecule has 0 spiro atoms. The lowest BCUT2D eigenvalue weighted by atomic mass is 10.3. The summed E-state index contributed by atoms with van der Waals surface area (Å²) >= 11 is 6.18. The van der Waals surface area contributed by atoms with E-state index in [0.29, 0.717) is 0 Å². The van der Waals surface area contributed by atoms with E-state index < -0.39 is 40.0 Å². The Morgan fingerprint density at radius 3 is 2.23 bits per heavy atom. The van der Waals surface area contributed by atoms with Crippen molar-refractivity contribution >= 4 is 61.0 Å². The number of nitrogens with zero attached hydrogens (tertiary/aromatic N) is 2. The number of ether oxygens (including phenoxy) is 1. The van der Waals surface area contributed by atoms with Crippen LogP contribution in [0.2, 0.25) is 0 Å². The van der Waals surface area contributed by atoms with Gasteiger partial charge in [-0.05, 0) is 37.9 Å². The van der Waals surface area contributed by atoms with Gasteiger partial charge in [-0.1, -0.05) is 0 Å². The van der Waals surface area contributed by atoms with Gasteiger partial charge in [0.05, 0.1) is 16.7 Å². The van der Waals surface area contributed by atoms with E-state index in [9.17, 15) is 29.8 Å². The molecule has 0 radical (unpaired) electrons. The van der Waals surface area contributed by atoms with Gasteiger partial charge in [0, 0.05) is 21.1 Å². The number of halogens is 2. The Kier molecular flexibility index (Phi) is 6.05. The van der Waals surface area contributed by atoms with Crippen LogP contribution in [0.15, 0.2) is 37.6 Å². The van der Waals surface area contributed by atoms with Gasteiger partial charge < -0.3 is 14.5 Å². The fraction of sp³-hybridized carbons (Fsp3) is 0.0769. The summed E-state index contributed by atoms with van der Waals surface area (Å²) in [5, 5.41) is 23.6. The lowest BCUT2D eigenvalue weighted by Gasteiger charge is -2.09. The van der Waals surface area contributed by atoms with Crippen molar-refractivity contribution in [3.63, 3.8) is 0 Å². The van der Waals surface area contributed by atoms with Crippen molar-refractivity contribution in [1.82, 2.24) is 0 Å². The largest absolute Gasteiger partial charge is 0.450 e. The van der Waals surface area contributed by atoms with E-state index in [1.165, 1.54) is 12.1 Å². The summed E-state index contributed by atoms with van der Waals surface area (Å²) in [6.45, 7) is -0.705. The van der Waals surface area contributed by atoms with Crippen molar-refractivity contribution in [2.75, 3.05) is 11.9 Å². The Bertz CT molecular complexity index is 888. The summed E-state index contributed by atoms with van der Waals surface area (Å²) in [4.78, 5) is 43.4. The average Bonchev–Trinajstić information content (AvgIpc) is 3.06. The summed E-state index contributed by atoms with van der Waals surface area (Å²) in [5.41, 5.74) is -0.00197. The van der Waals surface area contributed by atoms with Crippen LogP contribution in [-0.4, -0.2) is 28.3 Å². The smallest absolute Gasteiger partial charge is 0.433 e. The zero-order valence-electron chi connectivity index (χ0n) is 12.4. The first kappa shape index (κ1) is 19.5. The molecule has 26 heavy (non-hydrogen) atoms. The number of nitrogens with one attached hydrogen (secondary N) is 1. The Hall–Kier alpha value is -2.80. The second-order valence-electron chi connectivity index (χ2n) is 4.56. The molecule has 0 atom stereocenters. The molecule has 0 saturated heterocycles. The number of anilines is 1. The molecule has 136 valence electrons. The van der Waals surface area contributed by atoms with Gasteiger partial charge in [-0.25, -0.2) is 4.79 Å². The standard InChI is InChI=1S/C13H7Br2N3O8/c14-7-3-6(17(21)22)4-8(15)12(7)16-10(19)5-25-13(20)9-1-2-11(26-9)18(23)24/h1-4H,5H2,(H,16,19). The van der Waals surface area contributed by atoms with Crippen molar-refractivity contribution in [2.45, 2.75) is 0 Å². The highest BCUT2D eigenvalue weighted by atomic mass is 79.9. The molecular weight excluding hydrogens is 486 g/mol.